The lowest BCUT2D eigenvalue weighted by Crippen LogP contribution is -2.47. The van der Waals surface area contributed by atoms with Gasteiger partial charge in [0.1, 0.15) is 0 Å². The molecule has 0 saturated heterocycles. The third kappa shape index (κ3) is 5.32. The number of urea groups is 1. The van der Waals surface area contributed by atoms with E-state index in [9.17, 15) is 18.0 Å². The van der Waals surface area contributed by atoms with Crippen molar-refractivity contribution >= 4 is 21.8 Å². The highest BCUT2D eigenvalue weighted by Gasteiger charge is 2.35. The molecular formula is C23H26N2O5S. The molecule has 1 aliphatic rings. The van der Waals surface area contributed by atoms with Gasteiger partial charge < -0.3 is 15.4 Å². The quantitative estimate of drug-likeness (QED) is 0.642. The molecule has 0 radical (unpaired) electrons. The van der Waals surface area contributed by atoms with Crippen LogP contribution in [0, 0.1) is 5.92 Å². The van der Waals surface area contributed by atoms with Crippen LogP contribution in [0.25, 0.3) is 0 Å². The Kier molecular flexibility index (Phi) is 6.80. The van der Waals surface area contributed by atoms with Crippen molar-refractivity contribution in [2.45, 2.75) is 31.2 Å². The zero-order valence-electron chi connectivity index (χ0n) is 17.7. The monoisotopic (exact) mass is 442 g/mol. The summed E-state index contributed by atoms with van der Waals surface area (Å²) in [5.41, 5.74) is 1.76. The van der Waals surface area contributed by atoms with E-state index in [0.29, 0.717) is 11.5 Å². The molecule has 1 heterocycles. The fourth-order valence-corrected chi connectivity index (χ4v) is 4.88. The molecule has 7 nitrogen and oxygen atoms in total. The SMILES string of the molecule is COC(=O)C1=C(CS(=O)(=O)c2ccc(CC(C)C)cc2)NC(=O)N[C@@H]1c1ccccc1. The van der Waals surface area contributed by atoms with Crippen molar-refractivity contribution in [3.63, 3.8) is 0 Å². The van der Waals surface area contributed by atoms with Crippen LogP contribution in [0.15, 0.2) is 70.8 Å². The summed E-state index contributed by atoms with van der Waals surface area (Å²) in [5.74, 6) is -0.786. The minimum Gasteiger partial charge on any atom is -0.466 e. The van der Waals surface area contributed by atoms with Crippen LogP contribution in [0.3, 0.4) is 0 Å². The highest BCUT2D eigenvalue weighted by Crippen LogP contribution is 2.29. The number of benzene rings is 2. The molecule has 2 N–H and O–H groups in total. The van der Waals surface area contributed by atoms with Gasteiger partial charge in [0.15, 0.2) is 9.84 Å². The van der Waals surface area contributed by atoms with Crippen molar-refractivity contribution in [2.24, 2.45) is 5.92 Å². The number of methoxy groups -OCH3 is 1. The van der Waals surface area contributed by atoms with Crippen molar-refractivity contribution in [1.29, 1.82) is 0 Å². The molecule has 0 spiro atoms. The number of sulfone groups is 1. The van der Waals surface area contributed by atoms with Crippen LogP contribution in [0.5, 0.6) is 0 Å². The summed E-state index contributed by atoms with van der Waals surface area (Å²) < 4.78 is 31.1. The van der Waals surface area contributed by atoms with Gasteiger partial charge in [0.05, 0.1) is 29.4 Å². The summed E-state index contributed by atoms with van der Waals surface area (Å²) in [6.45, 7) is 4.18. The standard InChI is InChI=1S/C23H26N2O5S/c1-15(2)13-16-9-11-18(12-10-16)31(28,29)14-19-20(22(26)30-3)21(25-23(27)24-19)17-7-5-4-6-8-17/h4-12,15,21H,13-14H2,1-3H3,(H2,24,25,27)/t21-/m1/s1. The Morgan fingerprint density at radius 3 is 2.29 bits per heavy atom. The van der Waals surface area contributed by atoms with Crippen molar-refractivity contribution < 1.29 is 22.7 Å². The highest BCUT2D eigenvalue weighted by molar-refractivity contribution is 7.91. The summed E-state index contributed by atoms with van der Waals surface area (Å²) in [5, 5.41) is 5.17. The van der Waals surface area contributed by atoms with E-state index in [1.807, 2.05) is 6.07 Å². The number of carbonyl (C=O) groups excluding carboxylic acids is 2. The van der Waals surface area contributed by atoms with Gasteiger partial charge in [-0.1, -0.05) is 56.3 Å². The fourth-order valence-electron chi connectivity index (χ4n) is 3.56. The second-order valence-corrected chi connectivity index (χ2v) is 9.82. The molecule has 164 valence electrons. The third-order valence-electron chi connectivity index (χ3n) is 4.95. The Labute approximate surface area is 182 Å². The predicted octanol–water partition coefficient (Wildman–Crippen LogP) is 3.14. The second-order valence-electron chi connectivity index (χ2n) is 7.83. The van der Waals surface area contributed by atoms with Crippen molar-refractivity contribution in [1.82, 2.24) is 10.6 Å². The summed E-state index contributed by atoms with van der Waals surface area (Å²) in [6.07, 6.45) is 0.846. The lowest BCUT2D eigenvalue weighted by Gasteiger charge is -2.29. The van der Waals surface area contributed by atoms with Crippen LogP contribution in [-0.2, 0) is 25.8 Å². The van der Waals surface area contributed by atoms with Gasteiger partial charge in [0.2, 0.25) is 0 Å². The zero-order chi connectivity index (χ0) is 22.6. The first-order chi connectivity index (χ1) is 14.7. The van der Waals surface area contributed by atoms with Crippen LogP contribution >= 0.6 is 0 Å². The van der Waals surface area contributed by atoms with Crippen LogP contribution in [0.2, 0.25) is 0 Å². The minimum atomic E-state index is -3.82. The van der Waals surface area contributed by atoms with E-state index < -0.39 is 33.6 Å². The van der Waals surface area contributed by atoms with E-state index in [0.717, 1.165) is 12.0 Å². The van der Waals surface area contributed by atoms with E-state index in [4.69, 9.17) is 4.74 Å². The third-order valence-corrected chi connectivity index (χ3v) is 6.61. The van der Waals surface area contributed by atoms with E-state index >= 15 is 0 Å². The molecule has 0 unspecified atom stereocenters. The number of amides is 2. The van der Waals surface area contributed by atoms with E-state index in [2.05, 4.69) is 24.5 Å². The fraction of sp³-hybridized carbons (Fsp3) is 0.304. The number of hydrogen-bond acceptors (Lipinski definition) is 5. The molecule has 3 rings (SSSR count). The normalized spacial score (nSPS) is 16.6. The van der Waals surface area contributed by atoms with E-state index in [1.54, 1.807) is 48.5 Å². The Morgan fingerprint density at radius 1 is 1.06 bits per heavy atom. The molecule has 0 aliphatic carbocycles. The average Bonchev–Trinajstić information content (AvgIpc) is 2.73. The van der Waals surface area contributed by atoms with Gasteiger partial charge in [-0.3, -0.25) is 0 Å². The van der Waals surface area contributed by atoms with Gasteiger partial charge in [0.25, 0.3) is 0 Å². The van der Waals surface area contributed by atoms with E-state index in [1.165, 1.54) is 7.11 Å². The first-order valence-electron chi connectivity index (χ1n) is 9.96. The lowest BCUT2D eigenvalue weighted by atomic mass is 9.96. The molecule has 2 aromatic carbocycles. The Morgan fingerprint density at radius 2 is 1.71 bits per heavy atom. The number of hydrogen-bond donors (Lipinski definition) is 2. The van der Waals surface area contributed by atoms with Crippen LogP contribution in [0.4, 0.5) is 4.79 Å². The summed E-state index contributed by atoms with van der Waals surface area (Å²) in [7, 11) is -2.60. The maximum absolute atomic E-state index is 13.1. The van der Waals surface area contributed by atoms with Crippen molar-refractivity contribution in [3.8, 4) is 0 Å². The van der Waals surface area contributed by atoms with Gasteiger partial charge in [-0.15, -0.1) is 0 Å². The molecule has 31 heavy (non-hydrogen) atoms. The second kappa shape index (κ2) is 9.34. The van der Waals surface area contributed by atoms with Crippen LogP contribution < -0.4 is 10.6 Å². The summed E-state index contributed by atoms with van der Waals surface area (Å²) >= 11 is 0. The minimum absolute atomic E-state index is 0.00992. The predicted molar refractivity (Wildman–Crippen MR) is 117 cm³/mol. The molecule has 1 atom stereocenters. The van der Waals surface area contributed by atoms with E-state index in [-0.39, 0.29) is 16.2 Å². The highest BCUT2D eigenvalue weighted by atomic mass is 32.2. The molecule has 2 aromatic rings. The number of rotatable bonds is 7. The van der Waals surface area contributed by atoms with Crippen LogP contribution in [-0.4, -0.2) is 33.3 Å². The zero-order valence-corrected chi connectivity index (χ0v) is 18.5. The average molecular weight is 443 g/mol. The molecule has 0 saturated carbocycles. The summed E-state index contributed by atoms with van der Waals surface area (Å²) in [4.78, 5) is 25.0. The molecule has 1 aliphatic heterocycles. The Hall–Kier alpha value is -3.13. The largest absolute Gasteiger partial charge is 0.466 e. The number of carbonyl (C=O) groups is 2. The number of esters is 1. The van der Waals surface area contributed by atoms with Crippen LogP contribution in [0.1, 0.15) is 31.0 Å². The Bertz CT molecular complexity index is 1090. The smallest absolute Gasteiger partial charge is 0.338 e. The molecule has 0 fully saturated rings. The number of nitrogens with one attached hydrogen (secondary N) is 2. The van der Waals surface area contributed by atoms with Crippen molar-refractivity contribution in [3.05, 3.63) is 77.0 Å². The lowest BCUT2D eigenvalue weighted by molar-refractivity contribution is -0.136. The maximum Gasteiger partial charge on any atom is 0.338 e. The first kappa shape index (κ1) is 22.6. The van der Waals surface area contributed by atoms with Crippen molar-refractivity contribution in [2.75, 3.05) is 12.9 Å². The number of ether oxygens (including phenoxy) is 1. The van der Waals surface area contributed by atoms with Gasteiger partial charge in [-0.2, -0.15) is 0 Å². The van der Waals surface area contributed by atoms with Gasteiger partial charge in [0, 0.05) is 5.70 Å². The molecule has 2 amide bonds. The first-order valence-corrected chi connectivity index (χ1v) is 11.6. The van der Waals surface area contributed by atoms with Gasteiger partial charge in [-0.25, -0.2) is 18.0 Å². The molecule has 0 bridgehead atoms. The van der Waals surface area contributed by atoms with Gasteiger partial charge >= 0.3 is 12.0 Å². The topological polar surface area (TPSA) is 102 Å². The molecule has 8 heteroatoms. The van der Waals surface area contributed by atoms with Gasteiger partial charge in [-0.05, 0) is 35.6 Å². The summed E-state index contributed by atoms with van der Waals surface area (Å²) in [6, 6.07) is 14.1. The molecule has 0 aromatic heterocycles. The molecular weight excluding hydrogens is 416 g/mol. The maximum atomic E-state index is 13.1. The Balaban J connectivity index is 1.99.